The summed E-state index contributed by atoms with van der Waals surface area (Å²) in [6, 6.07) is 12.0. The van der Waals surface area contributed by atoms with Crippen molar-refractivity contribution in [1.29, 1.82) is 0 Å². The molecule has 10 heteroatoms. The number of ether oxygens (including phenoxy) is 2. The summed E-state index contributed by atoms with van der Waals surface area (Å²) < 4.78 is 10.6. The lowest BCUT2D eigenvalue weighted by Gasteiger charge is -2.49. The molecule has 1 fully saturated rings. The van der Waals surface area contributed by atoms with E-state index in [9.17, 15) is 30.0 Å². The highest BCUT2D eigenvalue weighted by atomic mass is 16.7. The monoisotopic (exact) mass is 478 g/mol. The molecule has 2 aliphatic heterocycles. The number of aromatic hydroxyl groups is 1. The molecule has 6 atom stereocenters. The van der Waals surface area contributed by atoms with E-state index in [1.165, 1.54) is 6.07 Å². The van der Waals surface area contributed by atoms with E-state index in [0.29, 0.717) is 5.56 Å². The summed E-state index contributed by atoms with van der Waals surface area (Å²) >= 11 is 0. The van der Waals surface area contributed by atoms with Crippen LogP contribution in [0.2, 0.25) is 0 Å². The van der Waals surface area contributed by atoms with Crippen molar-refractivity contribution in [1.82, 2.24) is 10.6 Å². The van der Waals surface area contributed by atoms with E-state index in [-0.39, 0.29) is 29.4 Å². The third-order valence-corrected chi connectivity index (χ3v) is 7.07. The number of benzene rings is 3. The highest BCUT2D eigenvalue weighted by Gasteiger charge is 2.54. The summed E-state index contributed by atoms with van der Waals surface area (Å²) in [6.45, 7) is -0.145. The van der Waals surface area contributed by atoms with Crippen molar-refractivity contribution in [3.63, 3.8) is 0 Å². The number of phenolic OH excluding ortho intramolecular Hbond substituents is 1. The predicted octanol–water partition coefficient (Wildman–Crippen LogP) is 0.365. The molecule has 1 aliphatic carbocycles. The SMILES string of the molecule is O=C(N[C@H]1[C@H](O)[C@@H](O)[C@@H](O)[C@@H]2NC(=O)c3c(cc4c(c3O)OCO4)[C@@H]12)c1ccc2ccccc2c1. The first-order valence-corrected chi connectivity index (χ1v) is 11.2. The van der Waals surface area contributed by atoms with Gasteiger partial charge in [-0.3, -0.25) is 9.59 Å². The summed E-state index contributed by atoms with van der Waals surface area (Å²) in [5, 5.41) is 50.0. The van der Waals surface area contributed by atoms with Crippen molar-refractivity contribution in [3.05, 3.63) is 65.2 Å². The Balaban J connectivity index is 1.42. The second-order valence-electron chi connectivity index (χ2n) is 8.98. The number of fused-ring (bicyclic) bond motifs is 5. The van der Waals surface area contributed by atoms with E-state index in [2.05, 4.69) is 10.6 Å². The second kappa shape index (κ2) is 7.84. The Labute approximate surface area is 198 Å². The van der Waals surface area contributed by atoms with Crippen LogP contribution >= 0.6 is 0 Å². The first-order valence-electron chi connectivity index (χ1n) is 11.2. The first-order chi connectivity index (χ1) is 16.8. The minimum Gasteiger partial charge on any atom is -0.504 e. The summed E-state index contributed by atoms with van der Waals surface area (Å²) in [4.78, 5) is 26.1. The van der Waals surface area contributed by atoms with E-state index in [0.717, 1.165) is 10.8 Å². The van der Waals surface area contributed by atoms with Gasteiger partial charge in [-0.25, -0.2) is 0 Å². The third kappa shape index (κ3) is 3.22. The van der Waals surface area contributed by atoms with Gasteiger partial charge in [-0.1, -0.05) is 30.3 Å². The fraction of sp³-hybridized carbons (Fsp3) is 0.280. The third-order valence-electron chi connectivity index (χ3n) is 7.07. The lowest BCUT2D eigenvalue weighted by atomic mass is 9.68. The van der Waals surface area contributed by atoms with Gasteiger partial charge in [0.25, 0.3) is 11.8 Å². The van der Waals surface area contributed by atoms with Crippen LogP contribution in [0, 0.1) is 0 Å². The van der Waals surface area contributed by atoms with Gasteiger partial charge in [-0.05, 0) is 34.5 Å². The molecule has 0 bridgehead atoms. The number of carbonyl (C=O) groups excluding carboxylic acids is 2. The number of aliphatic hydroxyl groups excluding tert-OH is 3. The molecule has 3 aromatic rings. The Hall–Kier alpha value is -3.86. The van der Waals surface area contributed by atoms with E-state index >= 15 is 0 Å². The smallest absolute Gasteiger partial charge is 0.255 e. The molecule has 180 valence electrons. The molecule has 0 radical (unpaired) electrons. The summed E-state index contributed by atoms with van der Waals surface area (Å²) in [6.07, 6.45) is -4.72. The molecule has 0 saturated heterocycles. The Morgan fingerprint density at radius 2 is 1.74 bits per heavy atom. The maximum absolute atomic E-state index is 13.2. The van der Waals surface area contributed by atoms with Crippen molar-refractivity contribution in [2.75, 3.05) is 6.79 Å². The minimum absolute atomic E-state index is 0.0195. The average Bonchev–Trinajstić information content (AvgIpc) is 3.34. The van der Waals surface area contributed by atoms with Gasteiger partial charge in [0, 0.05) is 11.5 Å². The van der Waals surface area contributed by atoms with Gasteiger partial charge >= 0.3 is 0 Å². The number of carbonyl (C=O) groups is 2. The van der Waals surface area contributed by atoms with Crippen LogP contribution in [0.3, 0.4) is 0 Å². The number of phenols is 1. The van der Waals surface area contributed by atoms with Gasteiger partial charge in [-0.15, -0.1) is 0 Å². The predicted molar refractivity (Wildman–Crippen MR) is 121 cm³/mol. The number of nitrogens with one attached hydrogen (secondary N) is 2. The van der Waals surface area contributed by atoms with Crippen molar-refractivity contribution < 1.29 is 39.5 Å². The normalized spacial score (nSPS) is 28.7. The molecule has 6 N–H and O–H groups in total. The van der Waals surface area contributed by atoms with Crippen LogP contribution in [0.25, 0.3) is 10.8 Å². The molecule has 3 aromatic carbocycles. The molecule has 0 aromatic heterocycles. The highest BCUT2D eigenvalue weighted by Crippen LogP contribution is 2.50. The fourth-order valence-corrected chi connectivity index (χ4v) is 5.35. The average molecular weight is 478 g/mol. The van der Waals surface area contributed by atoms with Crippen molar-refractivity contribution in [2.24, 2.45) is 0 Å². The summed E-state index contributed by atoms with van der Waals surface area (Å²) in [5.74, 6) is -2.29. The van der Waals surface area contributed by atoms with Crippen molar-refractivity contribution >= 4 is 22.6 Å². The van der Waals surface area contributed by atoms with Crippen LogP contribution in [0.4, 0.5) is 0 Å². The molecule has 3 aliphatic rings. The zero-order valence-electron chi connectivity index (χ0n) is 18.2. The zero-order valence-corrected chi connectivity index (χ0v) is 18.2. The van der Waals surface area contributed by atoms with Gasteiger partial charge in [0.05, 0.1) is 17.6 Å². The molecule has 35 heavy (non-hydrogen) atoms. The van der Waals surface area contributed by atoms with Crippen LogP contribution < -0.4 is 20.1 Å². The van der Waals surface area contributed by atoms with Gasteiger partial charge in [0.15, 0.2) is 11.5 Å². The molecule has 2 heterocycles. The summed E-state index contributed by atoms with van der Waals surface area (Å²) in [7, 11) is 0. The van der Waals surface area contributed by atoms with Crippen LogP contribution in [0.15, 0.2) is 48.5 Å². The lowest BCUT2D eigenvalue weighted by Crippen LogP contribution is -2.69. The van der Waals surface area contributed by atoms with Crippen LogP contribution in [0.5, 0.6) is 17.2 Å². The minimum atomic E-state index is -1.64. The molecule has 6 rings (SSSR count). The lowest BCUT2D eigenvalue weighted by molar-refractivity contribution is -0.117. The number of rotatable bonds is 2. The van der Waals surface area contributed by atoms with Crippen LogP contribution in [-0.4, -0.2) is 69.4 Å². The molecule has 10 nitrogen and oxygen atoms in total. The maximum atomic E-state index is 13.2. The Morgan fingerprint density at radius 3 is 2.54 bits per heavy atom. The van der Waals surface area contributed by atoms with Crippen molar-refractivity contribution in [3.8, 4) is 17.2 Å². The zero-order chi connectivity index (χ0) is 24.4. The fourth-order valence-electron chi connectivity index (χ4n) is 5.35. The largest absolute Gasteiger partial charge is 0.504 e. The molecule has 2 amide bonds. The molecule has 0 spiro atoms. The van der Waals surface area contributed by atoms with Gasteiger partial charge in [-0.2, -0.15) is 0 Å². The number of aliphatic hydroxyl groups is 3. The standard InChI is InChI=1S/C25H22N2O8/c28-19-16-13(8-14-23(19)35-9-34-14)15-17(20(29)22(31)21(30)18(15)27-25(16)33)26-24(32)12-6-5-10-3-1-2-4-11(10)7-12/h1-8,15,17-18,20-22,28-31H,9H2,(H,26,32)(H,27,33)/t15-,17+,18+,20-,21-,22+/m0/s1. The van der Waals surface area contributed by atoms with Gasteiger partial charge < -0.3 is 40.5 Å². The number of amides is 2. The number of hydrogen-bond donors (Lipinski definition) is 6. The molecular formula is C25H22N2O8. The summed E-state index contributed by atoms with van der Waals surface area (Å²) in [5.41, 5.74) is 0.493. The van der Waals surface area contributed by atoms with E-state index < -0.39 is 53.9 Å². The van der Waals surface area contributed by atoms with E-state index in [1.807, 2.05) is 24.3 Å². The molecule has 0 unspecified atom stereocenters. The second-order valence-corrected chi connectivity index (χ2v) is 8.98. The Morgan fingerprint density at radius 1 is 0.971 bits per heavy atom. The van der Waals surface area contributed by atoms with Gasteiger partial charge in [0.2, 0.25) is 12.5 Å². The first kappa shape index (κ1) is 21.7. The van der Waals surface area contributed by atoms with E-state index in [1.54, 1.807) is 18.2 Å². The van der Waals surface area contributed by atoms with Crippen LogP contribution in [0.1, 0.15) is 32.2 Å². The highest BCUT2D eigenvalue weighted by molar-refractivity contribution is 6.02. The van der Waals surface area contributed by atoms with E-state index in [4.69, 9.17) is 9.47 Å². The quantitative estimate of drug-likeness (QED) is 0.308. The molecule has 1 saturated carbocycles. The topological polar surface area (TPSA) is 158 Å². The number of hydrogen-bond acceptors (Lipinski definition) is 8. The van der Waals surface area contributed by atoms with Crippen LogP contribution in [-0.2, 0) is 0 Å². The maximum Gasteiger partial charge on any atom is 0.255 e. The Kier molecular flexibility index (Phi) is 4.85. The molecular weight excluding hydrogens is 456 g/mol. The Bertz CT molecular complexity index is 1380. The van der Waals surface area contributed by atoms with Gasteiger partial charge in [0.1, 0.15) is 18.3 Å². The van der Waals surface area contributed by atoms with Crippen molar-refractivity contribution in [2.45, 2.75) is 36.3 Å².